The van der Waals surface area contributed by atoms with Crippen LogP contribution in [0.15, 0.2) is 48.6 Å². The summed E-state index contributed by atoms with van der Waals surface area (Å²) < 4.78 is 20.4. The normalized spacial score (nSPS) is 13.4. The number of benzene rings is 1. The molecular weight excluding hydrogens is 364 g/mol. The second-order valence-electron chi connectivity index (χ2n) is 5.74. The predicted octanol–water partition coefficient (Wildman–Crippen LogP) is 2.43. The number of methoxy groups -OCH3 is 1. The number of aliphatic hydroxyl groups excluding tert-OH is 1. The van der Waals surface area contributed by atoms with Gasteiger partial charge in [-0.1, -0.05) is 18.2 Å². The molecule has 1 rings (SSSR count). The van der Waals surface area contributed by atoms with Crippen molar-refractivity contribution in [3.05, 3.63) is 54.1 Å². The van der Waals surface area contributed by atoms with Crippen molar-refractivity contribution in [2.24, 2.45) is 5.92 Å². The number of carbonyl (C=O) groups excluding carboxylic acids is 2. The maximum atomic E-state index is 11.5. The maximum Gasteiger partial charge on any atom is 0.330 e. The van der Waals surface area contributed by atoms with E-state index in [1.165, 1.54) is 18.2 Å². The molecule has 1 aromatic rings. The smallest absolute Gasteiger partial charge is 0.330 e. The van der Waals surface area contributed by atoms with Crippen molar-refractivity contribution in [2.75, 3.05) is 26.9 Å². The quantitative estimate of drug-likeness (QED) is 0.431. The van der Waals surface area contributed by atoms with Gasteiger partial charge >= 0.3 is 11.9 Å². The van der Waals surface area contributed by atoms with E-state index in [1.54, 1.807) is 21.0 Å². The molecule has 0 aromatic heterocycles. The van der Waals surface area contributed by atoms with Crippen molar-refractivity contribution in [1.29, 1.82) is 0 Å². The number of ether oxygens (including phenoxy) is 4. The van der Waals surface area contributed by atoms with Gasteiger partial charge in [0.25, 0.3) is 0 Å². The van der Waals surface area contributed by atoms with Crippen LogP contribution in [0.2, 0.25) is 0 Å². The molecule has 0 saturated carbocycles. The van der Waals surface area contributed by atoms with Gasteiger partial charge in [0.2, 0.25) is 0 Å². The average Bonchev–Trinajstić information content (AvgIpc) is 2.69. The summed E-state index contributed by atoms with van der Waals surface area (Å²) in [5, 5.41) is 10.3. The third-order valence-electron chi connectivity index (χ3n) is 3.66. The first-order chi connectivity index (χ1) is 13.5. The van der Waals surface area contributed by atoms with Gasteiger partial charge in [-0.3, -0.25) is 0 Å². The monoisotopic (exact) mass is 392 g/mol. The van der Waals surface area contributed by atoms with Crippen molar-refractivity contribution >= 4 is 11.9 Å². The number of hydrogen-bond acceptors (Lipinski definition) is 7. The number of aliphatic hydroxyl groups is 1. The van der Waals surface area contributed by atoms with E-state index < -0.39 is 24.0 Å². The molecule has 0 radical (unpaired) electrons. The van der Waals surface area contributed by atoms with E-state index in [0.717, 1.165) is 17.4 Å². The summed E-state index contributed by atoms with van der Waals surface area (Å²) in [6, 6.07) is 7.40. The SMILES string of the molecule is CCOC(=O)/C=C/[C@H](O)[C@@H](/C=C/C(=O)OCC)COCc1ccc(OC)cc1. The van der Waals surface area contributed by atoms with Crippen LogP contribution in [-0.2, 0) is 30.4 Å². The Kier molecular flexibility index (Phi) is 11.3. The fourth-order valence-corrected chi connectivity index (χ4v) is 2.21. The van der Waals surface area contributed by atoms with Gasteiger partial charge in [-0.2, -0.15) is 0 Å². The molecule has 1 N–H and O–H groups in total. The first-order valence-corrected chi connectivity index (χ1v) is 9.08. The lowest BCUT2D eigenvalue weighted by molar-refractivity contribution is -0.138. The highest BCUT2D eigenvalue weighted by atomic mass is 16.5. The molecular formula is C21H28O7. The zero-order valence-corrected chi connectivity index (χ0v) is 16.5. The zero-order valence-electron chi connectivity index (χ0n) is 16.5. The molecule has 0 spiro atoms. The summed E-state index contributed by atoms with van der Waals surface area (Å²) in [4.78, 5) is 23.0. The molecule has 28 heavy (non-hydrogen) atoms. The molecule has 1 aromatic carbocycles. The van der Waals surface area contributed by atoms with E-state index in [2.05, 4.69) is 0 Å². The maximum absolute atomic E-state index is 11.5. The third-order valence-corrected chi connectivity index (χ3v) is 3.66. The van der Waals surface area contributed by atoms with E-state index in [-0.39, 0.29) is 19.8 Å². The Balaban J connectivity index is 2.69. The molecule has 0 bridgehead atoms. The van der Waals surface area contributed by atoms with Crippen LogP contribution in [0.5, 0.6) is 5.75 Å². The highest BCUT2D eigenvalue weighted by molar-refractivity contribution is 5.82. The zero-order chi connectivity index (χ0) is 20.8. The van der Waals surface area contributed by atoms with E-state index in [1.807, 2.05) is 24.3 Å². The van der Waals surface area contributed by atoms with E-state index in [9.17, 15) is 14.7 Å². The number of rotatable bonds is 12. The fourth-order valence-electron chi connectivity index (χ4n) is 2.21. The third kappa shape index (κ3) is 9.34. The summed E-state index contributed by atoms with van der Waals surface area (Å²) in [5.74, 6) is -0.857. The number of hydrogen-bond donors (Lipinski definition) is 1. The average molecular weight is 392 g/mol. The van der Waals surface area contributed by atoms with Gasteiger partial charge in [0.05, 0.1) is 39.6 Å². The molecule has 0 fully saturated rings. The standard InChI is InChI=1S/C21H28O7/c1-4-27-20(23)12-8-17(19(22)11-13-21(24)28-5-2)15-26-14-16-6-9-18(25-3)10-7-16/h6-13,17,19,22H,4-5,14-15H2,1-3H3/b12-8+,13-11+/t17-,19-/m0/s1. The topological polar surface area (TPSA) is 91.3 Å². The Hall–Kier alpha value is -2.64. The molecule has 0 amide bonds. The highest BCUT2D eigenvalue weighted by Gasteiger charge is 2.16. The van der Waals surface area contributed by atoms with Gasteiger partial charge < -0.3 is 24.1 Å². The molecule has 0 aliphatic carbocycles. The minimum absolute atomic E-state index is 0.135. The highest BCUT2D eigenvalue weighted by Crippen LogP contribution is 2.14. The Morgan fingerprint density at radius 2 is 1.57 bits per heavy atom. The van der Waals surface area contributed by atoms with Crippen molar-refractivity contribution in [3.8, 4) is 5.75 Å². The van der Waals surface area contributed by atoms with Gasteiger partial charge in [-0.25, -0.2) is 9.59 Å². The summed E-state index contributed by atoms with van der Waals surface area (Å²) in [6.45, 7) is 4.36. The Labute approximate surface area is 165 Å². The summed E-state index contributed by atoms with van der Waals surface area (Å²) in [7, 11) is 1.59. The van der Waals surface area contributed by atoms with Crippen LogP contribution in [0.4, 0.5) is 0 Å². The molecule has 0 saturated heterocycles. The minimum atomic E-state index is -1.04. The molecule has 2 atom stereocenters. The van der Waals surface area contributed by atoms with Crippen molar-refractivity contribution < 1.29 is 33.6 Å². The lowest BCUT2D eigenvalue weighted by Crippen LogP contribution is -2.22. The predicted molar refractivity (Wildman–Crippen MR) is 104 cm³/mol. The van der Waals surface area contributed by atoms with Crippen LogP contribution in [0.1, 0.15) is 19.4 Å². The summed E-state index contributed by atoms with van der Waals surface area (Å²) in [5.41, 5.74) is 0.936. The van der Waals surface area contributed by atoms with Crippen LogP contribution in [-0.4, -0.2) is 50.1 Å². The van der Waals surface area contributed by atoms with Crippen LogP contribution >= 0.6 is 0 Å². The van der Waals surface area contributed by atoms with E-state index >= 15 is 0 Å². The molecule has 0 aliphatic heterocycles. The Morgan fingerprint density at radius 3 is 2.11 bits per heavy atom. The molecule has 7 heteroatoms. The number of carbonyl (C=O) groups is 2. The Bertz CT molecular complexity index is 649. The van der Waals surface area contributed by atoms with Gasteiger partial charge in [0.15, 0.2) is 0 Å². The van der Waals surface area contributed by atoms with Crippen LogP contribution in [0.3, 0.4) is 0 Å². The lowest BCUT2D eigenvalue weighted by atomic mass is 10.0. The van der Waals surface area contributed by atoms with Crippen LogP contribution in [0, 0.1) is 5.92 Å². The van der Waals surface area contributed by atoms with Crippen molar-refractivity contribution in [2.45, 2.75) is 26.6 Å². The first-order valence-electron chi connectivity index (χ1n) is 9.08. The molecule has 7 nitrogen and oxygen atoms in total. The Morgan fingerprint density at radius 1 is 1.00 bits per heavy atom. The van der Waals surface area contributed by atoms with E-state index in [4.69, 9.17) is 18.9 Å². The van der Waals surface area contributed by atoms with Crippen LogP contribution < -0.4 is 4.74 Å². The van der Waals surface area contributed by atoms with Gasteiger partial charge in [0, 0.05) is 18.1 Å². The molecule has 0 aliphatic rings. The fraction of sp³-hybridized carbons (Fsp3) is 0.429. The summed E-state index contributed by atoms with van der Waals surface area (Å²) in [6.07, 6.45) is 4.18. The van der Waals surface area contributed by atoms with Crippen molar-refractivity contribution in [3.63, 3.8) is 0 Å². The second kappa shape index (κ2) is 13.5. The van der Waals surface area contributed by atoms with Gasteiger partial charge in [-0.15, -0.1) is 0 Å². The lowest BCUT2D eigenvalue weighted by Gasteiger charge is -2.17. The molecule has 0 unspecified atom stereocenters. The van der Waals surface area contributed by atoms with E-state index in [0.29, 0.717) is 6.61 Å². The van der Waals surface area contributed by atoms with Crippen LogP contribution in [0.25, 0.3) is 0 Å². The largest absolute Gasteiger partial charge is 0.497 e. The van der Waals surface area contributed by atoms with Crippen molar-refractivity contribution in [1.82, 2.24) is 0 Å². The van der Waals surface area contributed by atoms with Gasteiger partial charge in [0.1, 0.15) is 5.75 Å². The van der Waals surface area contributed by atoms with Gasteiger partial charge in [-0.05, 0) is 37.6 Å². The molecule has 154 valence electrons. The number of esters is 2. The minimum Gasteiger partial charge on any atom is -0.497 e. The second-order valence-corrected chi connectivity index (χ2v) is 5.74. The molecule has 0 heterocycles. The first kappa shape index (κ1) is 23.4. The summed E-state index contributed by atoms with van der Waals surface area (Å²) >= 11 is 0.